The van der Waals surface area contributed by atoms with Crippen LogP contribution in [0.2, 0.25) is 0 Å². The molecule has 3 nitrogen and oxygen atoms in total. The van der Waals surface area contributed by atoms with Crippen molar-refractivity contribution in [2.24, 2.45) is 0 Å². The number of hydrogen-bond acceptors (Lipinski definition) is 2. The van der Waals surface area contributed by atoms with Crippen molar-refractivity contribution in [3.63, 3.8) is 0 Å². The Morgan fingerprint density at radius 1 is 1.17 bits per heavy atom. The van der Waals surface area contributed by atoms with Crippen molar-refractivity contribution in [2.75, 3.05) is 6.54 Å². The van der Waals surface area contributed by atoms with E-state index in [0.29, 0.717) is 6.04 Å². The summed E-state index contributed by atoms with van der Waals surface area (Å²) in [5, 5.41) is 8.92. The minimum atomic E-state index is -0.725. The highest BCUT2D eigenvalue weighted by molar-refractivity contribution is 5.69. The van der Waals surface area contributed by atoms with Crippen LogP contribution in [0, 0.1) is 0 Å². The molecule has 3 heteroatoms. The Balaban J connectivity index is 1.63. The molecule has 1 aromatic carbocycles. The molecular weight excluding hydrogens is 226 g/mol. The lowest BCUT2D eigenvalue weighted by Crippen LogP contribution is -2.31. The third-order valence-corrected chi connectivity index (χ3v) is 3.82. The van der Waals surface area contributed by atoms with E-state index in [2.05, 4.69) is 29.2 Å². The summed E-state index contributed by atoms with van der Waals surface area (Å²) in [5.74, 6) is 0.0640. The molecule has 0 bridgehead atoms. The highest BCUT2D eigenvalue weighted by Crippen LogP contribution is 2.40. The third-order valence-electron chi connectivity index (χ3n) is 3.82. The van der Waals surface area contributed by atoms with E-state index in [-0.39, 0.29) is 6.54 Å². The molecule has 2 aliphatic rings. The van der Waals surface area contributed by atoms with Gasteiger partial charge in [-0.15, -0.1) is 0 Å². The van der Waals surface area contributed by atoms with Crippen molar-refractivity contribution >= 4 is 5.97 Å². The molecule has 1 aromatic rings. The van der Waals surface area contributed by atoms with Gasteiger partial charge in [0.1, 0.15) is 0 Å². The third kappa shape index (κ3) is 2.91. The number of aliphatic carboxylic acids is 1. The maximum absolute atomic E-state index is 10.8. The predicted molar refractivity (Wildman–Crippen MR) is 69.5 cm³/mol. The molecule has 0 unspecified atom stereocenters. The molecule has 2 saturated carbocycles. The lowest BCUT2D eigenvalue weighted by molar-refractivity contribution is -0.138. The fourth-order valence-electron chi connectivity index (χ4n) is 2.47. The second kappa shape index (κ2) is 4.73. The van der Waals surface area contributed by atoms with Gasteiger partial charge in [0.2, 0.25) is 0 Å². The Hall–Kier alpha value is -1.35. The Morgan fingerprint density at radius 2 is 1.83 bits per heavy atom. The first-order valence-corrected chi connectivity index (χ1v) is 6.77. The predicted octanol–water partition coefficient (Wildman–Crippen LogP) is 2.61. The molecule has 0 amide bonds. The highest BCUT2D eigenvalue weighted by Gasteiger charge is 2.30. The zero-order chi connectivity index (χ0) is 12.5. The summed E-state index contributed by atoms with van der Waals surface area (Å²) in [7, 11) is 0. The minimum Gasteiger partial charge on any atom is -0.480 e. The molecule has 3 rings (SSSR count). The van der Waals surface area contributed by atoms with Crippen LogP contribution < -0.4 is 0 Å². The standard InChI is InChI=1S/C15H19NO2/c17-15(18)10-16(14-7-8-14)9-11-1-3-12(4-2-11)13-5-6-13/h1-4,13-14H,5-10H2,(H,17,18). The topological polar surface area (TPSA) is 40.5 Å². The van der Waals surface area contributed by atoms with Gasteiger partial charge in [0.05, 0.1) is 6.54 Å². The van der Waals surface area contributed by atoms with Crippen molar-refractivity contribution in [1.29, 1.82) is 0 Å². The quantitative estimate of drug-likeness (QED) is 0.837. The van der Waals surface area contributed by atoms with Gasteiger partial charge in [-0.3, -0.25) is 9.69 Å². The van der Waals surface area contributed by atoms with E-state index in [1.165, 1.54) is 24.0 Å². The summed E-state index contributed by atoms with van der Waals surface area (Å²) in [4.78, 5) is 12.9. The first-order chi connectivity index (χ1) is 8.72. The van der Waals surface area contributed by atoms with Gasteiger partial charge in [-0.25, -0.2) is 0 Å². The van der Waals surface area contributed by atoms with Gasteiger partial charge in [0, 0.05) is 12.6 Å². The van der Waals surface area contributed by atoms with E-state index >= 15 is 0 Å². The van der Waals surface area contributed by atoms with Gasteiger partial charge in [-0.05, 0) is 42.7 Å². The zero-order valence-corrected chi connectivity index (χ0v) is 10.5. The number of carboxylic acid groups (broad SMARTS) is 1. The molecule has 2 aliphatic carbocycles. The molecule has 18 heavy (non-hydrogen) atoms. The number of carbonyl (C=O) groups is 1. The molecule has 0 spiro atoms. The molecule has 96 valence electrons. The van der Waals surface area contributed by atoms with Crippen LogP contribution in [-0.4, -0.2) is 28.6 Å². The molecule has 0 aliphatic heterocycles. The van der Waals surface area contributed by atoms with E-state index in [4.69, 9.17) is 5.11 Å². The van der Waals surface area contributed by atoms with Gasteiger partial charge >= 0.3 is 5.97 Å². The van der Waals surface area contributed by atoms with Crippen LogP contribution in [0.5, 0.6) is 0 Å². The van der Waals surface area contributed by atoms with Crippen LogP contribution in [0.4, 0.5) is 0 Å². The Kier molecular flexibility index (Phi) is 3.08. The van der Waals surface area contributed by atoms with Crippen LogP contribution in [-0.2, 0) is 11.3 Å². The van der Waals surface area contributed by atoms with Crippen molar-refractivity contribution < 1.29 is 9.90 Å². The van der Waals surface area contributed by atoms with E-state index in [9.17, 15) is 4.79 Å². The van der Waals surface area contributed by atoms with Gasteiger partial charge in [0.25, 0.3) is 0 Å². The average Bonchev–Trinajstić information content (AvgIpc) is 3.20. The molecule has 0 saturated heterocycles. The summed E-state index contributed by atoms with van der Waals surface area (Å²) < 4.78 is 0. The fourth-order valence-corrected chi connectivity index (χ4v) is 2.47. The lowest BCUT2D eigenvalue weighted by atomic mass is 10.1. The zero-order valence-electron chi connectivity index (χ0n) is 10.5. The van der Waals surface area contributed by atoms with Crippen molar-refractivity contribution in [3.05, 3.63) is 35.4 Å². The van der Waals surface area contributed by atoms with Crippen molar-refractivity contribution in [2.45, 2.75) is 44.2 Å². The average molecular weight is 245 g/mol. The normalized spacial score (nSPS) is 19.2. The van der Waals surface area contributed by atoms with Crippen LogP contribution >= 0.6 is 0 Å². The first kappa shape index (κ1) is 11.7. The van der Waals surface area contributed by atoms with E-state index in [1.54, 1.807) is 0 Å². The SMILES string of the molecule is O=C(O)CN(Cc1ccc(C2CC2)cc1)C1CC1. The van der Waals surface area contributed by atoms with E-state index in [0.717, 1.165) is 25.3 Å². The Labute approximate surface area is 107 Å². The summed E-state index contributed by atoms with van der Waals surface area (Å²) in [5.41, 5.74) is 2.67. The highest BCUT2D eigenvalue weighted by atomic mass is 16.4. The largest absolute Gasteiger partial charge is 0.480 e. The molecule has 2 fully saturated rings. The lowest BCUT2D eigenvalue weighted by Gasteiger charge is -2.19. The maximum Gasteiger partial charge on any atom is 0.317 e. The van der Waals surface area contributed by atoms with Crippen LogP contribution in [0.25, 0.3) is 0 Å². The van der Waals surface area contributed by atoms with Crippen molar-refractivity contribution in [3.8, 4) is 0 Å². The van der Waals surface area contributed by atoms with Crippen LogP contribution in [0.3, 0.4) is 0 Å². The second-order valence-electron chi connectivity index (χ2n) is 5.55. The number of benzene rings is 1. The fraction of sp³-hybridized carbons (Fsp3) is 0.533. The van der Waals surface area contributed by atoms with Crippen molar-refractivity contribution in [1.82, 2.24) is 4.90 Å². The summed E-state index contributed by atoms with van der Waals surface area (Å²) in [6.45, 7) is 0.928. The molecule has 0 atom stereocenters. The molecule has 0 heterocycles. The number of carboxylic acids is 1. The van der Waals surface area contributed by atoms with Gasteiger partial charge in [-0.2, -0.15) is 0 Å². The number of rotatable bonds is 6. The van der Waals surface area contributed by atoms with Gasteiger partial charge in [0.15, 0.2) is 0 Å². The smallest absolute Gasteiger partial charge is 0.317 e. The first-order valence-electron chi connectivity index (χ1n) is 6.77. The van der Waals surface area contributed by atoms with Gasteiger partial charge < -0.3 is 5.11 Å². The van der Waals surface area contributed by atoms with Crippen LogP contribution in [0.1, 0.15) is 42.7 Å². The summed E-state index contributed by atoms with van der Waals surface area (Å²) in [6, 6.07) is 9.22. The Morgan fingerprint density at radius 3 is 2.33 bits per heavy atom. The molecule has 0 aromatic heterocycles. The summed E-state index contributed by atoms with van der Waals surface area (Å²) >= 11 is 0. The van der Waals surface area contributed by atoms with Gasteiger partial charge in [-0.1, -0.05) is 24.3 Å². The number of hydrogen-bond donors (Lipinski definition) is 1. The summed E-state index contributed by atoms with van der Waals surface area (Å²) in [6.07, 6.45) is 4.94. The monoisotopic (exact) mass is 245 g/mol. The van der Waals surface area contributed by atoms with E-state index < -0.39 is 5.97 Å². The second-order valence-corrected chi connectivity index (χ2v) is 5.55. The molecule has 1 N–H and O–H groups in total. The molecule has 0 radical (unpaired) electrons. The number of nitrogens with zero attached hydrogens (tertiary/aromatic N) is 1. The molecular formula is C15H19NO2. The maximum atomic E-state index is 10.8. The van der Waals surface area contributed by atoms with Crippen LogP contribution in [0.15, 0.2) is 24.3 Å². The van der Waals surface area contributed by atoms with E-state index in [1.807, 2.05) is 0 Å². The minimum absolute atomic E-state index is 0.162. The Bertz CT molecular complexity index is 432.